The molecule has 0 aliphatic carbocycles. The van der Waals surface area contributed by atoms with Gasteiger partial charge in [-0.15, -0.1) is 0 Å². The minimum atomic E-state index is -1.32. The fraction of sp³-hybridized carbons (Fsp3) is 0.500. The van der Waals surface area contributed by atoms with Gasteiger partial charge in [-0.25, -0.2) is 0 Å². The van der Waals surface area contributed by atoms with Crippen molar-refractivity contribution < 1.29 is 9.90 Å². The largest absolute Gasteiger partial charge is 0.381 e. The molecule has 1 N–H and O–H groups in total. The molecular formula is C14H19NO2. The highest BCUT2D eigenvalue weighted by Crippen LogP contribution is 2.30. The van der Waals surface area contributed by atoms with Gasteiger partial charge in [0.2, 0.25) is 0 Å². The van der Waals surface area contributed by atoms with Crippen molar-refractivity contribution in [3.8, 4) is 0 Å². The van der Waals surface area contributed by atoms with E-state index >= 15 is 0 Å². The van der Waals surface area contributed by atoms with Crippen molar-refractivity contribution in [2.24, 2.45) is 5.92 Å². The van der Waals surface area contributed by atoms with Crippen molar-refractivity contribution >= 4 is 11.6 Å². The molecule has 2 rings (SSSR count). The summed E-state index contributed by atoms with van der Waals surface area (Å²) in [6, 6.07) is 7.92. The summed E-state index contributed by atoms with van der Waals surface area (Å²) in [7, 11) is 0. The van der Waals surface area contributed by atoms with Crippen molar-refractivity contribution in [2.75, 3.05) is 11.4 Å². The zero-order chi connectivity index (χ0) is 12.6. The first kappa shape index (κ1) is 12.1. The van der Waals surface area contributed by atoms with E-state index in [0.29, 0.717) is 12.5 Å². The lowest BCUT2D eigenvalue weighted by Gasteiger charge is -2.36. The monoisotopic (exact) mass is 233 g/mol. The number of para-hydroxylation sites is 1. The fourth-order valence-electron chi connectivity index (χ4n) is 2.32. The average Bonchev–Trinajstić information content (AvgIpc) is 2.25. The van der Waals surface area contributed by atoms with Crippen LogP contribution in [0.15, 0.2) is 24.3 Å². The van der Waals surface area contributed by atoms with E-state index in [1.165, 1.54) is 19.4 Å². The van der Waals surface area contributed by atoms with Crippen molar-refractivity contribution in [1.82, 2.24) is 0 Å². The maximum atomic E-state index is 12.2. The van der Waals surface area contributed by atoms with E-state index < -0.39 is 5.60 Å². The quantitative estimate of drug-likeness (QED) is 0.805. The highest BCUT2D eigenvalue weighted by Gasteiger charge is 2.34. The maximum Gasteiger partial charge on any atom is 0.258 e. The second-order valence-corrected chi connectivity index (χ2v) is 5.41. The van der Waals surface area contributed by atoms with Crippen LogP contribution in [-0.2, 0) is 11.2 Å². The molecule has 1 aliphatic rings. The van der Waals surface area contributed by atoms with Crippen LogP contribution in [0.4, 0.5) is 5.69 Å². The average molecular weight is 233 g/mol. The summed E-state index contributed by atoms with van der Waals surface area (Å²) in [5.74, 6) is 0.202. The van der Waals surface area contributed by atoms with E-state index in [9.17, 15) is 9.90 Å². The first-order chi connectivity index (χ1) is 7.89. The van der Waals surface area contributed by atoms with Crippen LogP contribution in [-0.4, -0.2) is 23.2 Å². The third-order valence-corrected chi connectivity index (χ3v) is 3.11. The Morgan fingerprint density at radius 1 is 1.41 bits per heavy atom. The SMILES string of the molecule is CC1Cc2ccccc2N(C(=O)C(C)(C)O)C1. The van der Waals surface area contributed by atoms with E-state index in [4.69, 9.17) is 0 Å². The summed E-state index contributed by atoms with van der Waals surface area (Å²) in [4.78, 5) is 13.9. The van der Waals surface area contributed by atoms with E-state index in [1.807, 2.05) is 18.2 Å². The first-order valence-corrected chi connectivity index (χ1v) is 6.02. The lowest BCUT2D eigenvalue weighted by molar-refractivity contribution is -0.133. The fourth-order valence-corrected chi connectivity index (χ4v) is 2.32. The molecule has 1 aromatic rings. The highest BCUT2D eigenvalue weighted by atomic mass is 16.3. The van der Waals surface area contributed by atoms with E-state index in [-0.39, 0.29) is 5.91 Å². The van der Waals surface area contributed by atoms with Crippen LogP contribution < -0.4 is 4.90 Å². The minimum absolute atomic E-state index is 0.225. The van der Waals surface area contributed by atoms with Crippen LogP contribution >= 0.6 is 0 Å². The maximum absolute atomic E-state index is 12.2. The molecule has 0 aromatic heterocycles. The van der Waals surface area contributed by atoms with E-state index in [0.717, 1.165) is 12.1 Å². The molecule has 1 atom stereocenters. The first-order valence-electron chi connectivity index (χ1n) is 6.02. The van der Waals surface area contributed by atoms with Gasteiger partial charge in [0.1, 0.15) is 5.60 Å². The molecule has 1 aliphatic heterocycles. The number of amides is 1. The summed E-state index contributed by atoms with van der Waals surface area (Å²) in [6.07, 6.45) is 0.992. The summed E-state index contributed by atoms with van der Waals surface area (Å²) in [5, 5.41) is 9.86. The Hall–Kier alpha value is -1.35. The zero-order valence-corrected chi connectivity index (χ0v) is 10.6. The number of carbonyl (C=O) groups excluding carboxylic acids is 1. The summed E-state index contributed by atoms with van der Waals surface area (Å²) in [6.45, 7) is 5.88. The lowest BCUT2D eigenvalue weighted by Crippen LogP contribution is -2.49. The van der Waals surface area contributed by atoms with Crippen LogP contribution in [0.3, 0.4) is 0 Å². The molecule has 0 saturated heterocycles. The van der Waals surface area contributed by atoms with Crippen LogP contribution in [0.25, 0.3) is 0 Å². The van der Waals surface area contributed by atoms with Crippen molar-refractivity contribution in [3.05, 3.63) is 29.8 Å². The Labute approximate surface area is 102 Å². The third-order valence-electron chi connectivity index (χ3n) is 3.11. The molecular weight excluding hydrogens is 214 g/mol. The predicted octanol–water partition coefficient (Wildman–Crippen LogP) is 1.98. The van der Waals surface area contributed by atoms with Crippen LogP contribution in [0.5, 0.6) is 0 Å². The second kappa shape index (κ2) is 4.15. The lowest BCUT2D eigenvalue weighted by atomic mass is 9.92. The molecule has 0 radical (unpaired) electrons. The molecule has 0 saturated carbocycles. The van der Waals surface area contributed by atoms with Gasteiger partial charge in [0.15, 0.2) is 0 Å². The number of hydrogen-bond donors (Lipinski definition) is 1. The van der Waals surface area contributed by atoms with Gasteiger partial charge in [-0.2, -0.15) is 0 Å². The highest BCUT2D eigenvalue weighted by molar-refractivity contribution is 5.99. The molecule has 92 valence electrons. The van der Waals surface area contributed by atoms with Gasteiger partial charge in [0.05, 0.1) is 0 Å². The molecule has 17 heavy (non-hydrogen) atoms. The van der Waals surface area contributed by atoms with Crippen molar-refractivity contribution in [3.63, 3.8) is 0 Å². The van der Waals surface area contributed by atoms with E-state index in [2.05, 4.69) is 13.0 Å². The molecule has 1 heterocycles. The smallest absolute Gasteiger partial charge is 0.258 e. The number of rotatable bonds is 1. The van der Waals surface area contributed by atoms with Crippen molar-refractivity contribution in [2.45, 2.75) is 32.8 Å². The normalized spacial score (nSPS) is 20.0. The number of aliphatic hydroxyl groups is 1. The zero-order valence-electron chi connectivity index (χ0n) is 10.6. The van der Waals surface area contributed by atoms with Gasteiger partial charge in [-0.3, -0.25) is 4.79 Å². The Morgan fingerprint density at radius 2 is 2.06 bits per heavy atom. The molecule has 1 aromatic carbocycles. The number of anilines is 1. The van der Waals surface area contributed by atoms with Gasteiger partial charge < -0.3 is 10.0 Å². The standard InChI is InChI=1S/C14H19NO2/c1-10-8-11-6-4-5-7-12(11)15(9-10)13(16)14(2,3)17/h4-7,10,17H,8-9H2,1-3H3. The summed E-state index contributed by atoms with van der Waals surface area (Å²) >= 11 is 0. The summed E-state index contributed by atoms with van der Waals surface area (Å²) in [5.41, 5.74) is 0.811. The van der Waals surface area contributed by atoms with Crippen LogP contribution in [0, 0.1) is 5.92 Å². The third kappa shape index (κ3) is 2.34. The Morgan fingerprint density at radius 3 is 2.71 bits per heavy atom. The number of fused-ring (bicyclic) bond motifs is 1. The predicted molar refractivity (Wildman–Crippen MR) is 68.0 cm³/mol. The Bertz CT molecular complexity index is 434. The molecule has 0 spiro atoms. The minimum Gasteiger partial charge on any atom is -0.381 e. The van der Waals surface area contributed by atoms with Gasteiger partial charge >= 0.3 is 0 Å². The molecule has 0 bridgehead atoms. The van der Waals surface area contributed by atoms with Gasteiger partial charge in [0.25, 0.3) is 5.91 Å². The molecule has 0 fully saturated rings. The molecule has 3 heteroatoms. The second-order valence-electron chi connectivity index (χ2n) is 5.41. The number of hydrogen-bond acceptors (Lipinski definition) is 2. The van der Waals surface area contributed by atoms with Crippen LogP contribution in [0.1, 0.15) is 26.3 Å². The topological polar surface area (TPSA) is 40.5 Å². The van der Waals surface area contributed by atoms with E-state index in [1.54, 1.807) is 4.90 Å². The van der Waals surface area contributed by atoms with Gasteiger partial charge in [-0.05, 0) is 37.8 Å². The Kier molecular flexibility index (Phi) is 2.96. The van der Waals surface area contributed by atoms with Crippen LogP contribution in [0.2, 0.25) is 0 Å². The molecule has 1 amide bonds. The number of nitrogens with zero attached hydrogens (tertiary/aromatic N) is 1. The van der Waals surface area contributed by atoms with Crippen molar-refractivity contribution in [1.29, 1.82) is 0 Å². The van der Waals surface area contributed by atoms with Gasteiger partial charge in [0, 0.05) is 12.2 Å². The summed E-state index contributed by atoms with van der Waals surface area (Å²) < 4.78 is 0. The Balaban J connectivity index is 2.40. The number of benzene rings is 1. The number of carbonyl (C=O) groups is 1. The van der Waals surface area contributed by atoms with Gasteiger partial charge in [-0.1, -0.05) is 25.1 Å². The molecule has 1 unspecified atom stereocenters. The molecule has 3 nitrogen and oxygen atoms in total.